The van der Waals surface area contributed by atoms with Crippen molar-refractivity contribution in [3.8, 4) is 0 Å². The number of ketones is 3. The first-order valence-corrected chi connectivity index (χ1v) is 6.87. The molecule has 0 amide bonds. The number of Topliss-reactive ketones (excluding diaryl/α,β-unsaturated/α-hetero) is 3. The van der Waals surface area contributed by atoms with E-state index in [2.05, 4.69) is 0 Å². The second-order valence-electron chi connectivity index (χ2n) is 5.47. The maximum atomic E-state index is 12.2. The van der Waals surface area contributed by atoms with Gasteiger partial charge in [0, 0.05) is 28.7 Å². The molecule has 20 heavy (non-hydrogen) atoms. The molecular weight excluding hydrogens is 252 g/mol. The van der Waals surface area contributed by atoms with Crippen molar-refractivity contribution in [2.24, 2.45) is 0 Å². The summed E-state index contributed by atoms with van der Waals surface area (Å²) in [5, 5.41) is 0. The molecular formula is C17H22O3. The summed E-state index contributed by atoms with van der Waals surface area (Å²) in [7, 11) is 0. The minimum atomic E-state index is -0.0353. The number of carbonyl (C=O) groups is 3. The van der Waals surface area contributed by atoms with Crippen LogP contribution in [-0.4, -0.2) is 17.3 Å². The zero-order chi connectivity index (χ0) is 15.4. The van der Waals surface area contributed by atoms with Gasteiger partial charge in [0.25, 0.3) is 0 Å². The van der Waals surface area contributed by atoms with Crippen LogP contribution in [0.25, 0.3) is 0 Å². The number of rotatable bonds is 5. The van der Waals surface area contributed by atoms with E-state index in [-0.39, 0.29) is 17.3 Å². The van der Waals surface area contributed by atoms with Gasteiger partial charge in [-0.15, -0.1) is 0 Å². The summed E-state index contributed by atoms with van der Waals surface area (Å²) >= 11 is 0. The molecule has 108 valence electrons. The summed E-state index contributed by atoms with van der Waals surface area (Å²) < 4.78 is 0. The van der Waals surface area contributed by atoms with Gasteiger partial charge < -0.3 is 4.79 Å². The van der Waals surface area contributed by atoms with Gasteiger partial charge in [-0.3, -0.25) is 9.59 Å². The van der Waals surface area contributed by atoms with Crippen LogP contribution in [0.15, 0.2) is 33.9 Å². The minimum absolute atomic E-state index is 0.0322. The van der Waals surface area contributed by atoms with E-state index < -0.39 is 0 Å². The summed E-state index contributed by atoms with van der Waals surface area (Å²) in [6.07, 6.45) is 3.63. The first kappa shape index (κ1) is 16.3. The lowest BCUT2D eigenvalue weighted by molar-refractivity contribution is -0.117. The fraction of sp³-hybridized carbons (Fsp3) is 0.471. The molecule has 0 aliphatic heterocycles. The first-order valence-electron chi connectivity index (χ1n) is 6.87. The molecule has 0 atom stereocenters. The molecule has 0 saturated carbocycles. The highest BCUT2D eigenvalue weighted by molar-refractivity contribution is 6.24. The van der Waals surface area contributed by atoms with E-state index in [1.165, 1.54) is 0 Å². The predicted molar refractivity (Wildman–Crippen MR) is 79.4 cm³/mol. The fourth-order valence-electron chi connectivity index (χ4n) is 2.15. The topological polar surface area (TPSA) is 51.2 Å². The Bertz CT molecular complexity index is 557. The molecule has 0 bridgehead atoms. The van der Waals surface area contributed by atoms with Crippen molar-refractivity contribution in [3.05, 3.63) is 33.9 Å². The molecule has 0 unspecified atom stereocenters. The maximum Gasteiger partial charge on any atom is 0.185 e. The third-order valence-corrected chi connectivity index (χ3v) is 3.84. The van der Waals surface area contributed by atoms with Gasteiger partial charge in [-0.25, -0.2) is 0 Å². The van der Waals surface area contributed by atoms with E-state index in [1.54, 1.807) is 27.7 Å². The lowest BCUT2D eigenvalue weighted by atomic mass is 9.84. The van der Waals surface area contributed by atoms with Crippen LogP contribution in [-0.2, 0) is 14.4 Å². The van der Waals surface area contributed by atoms with Crippen molar-refractivity contribution >= 4 is 17.3 Å². The van der Waals surface area contributed by atoms with Gasteiger partial charge in [0.15, 0.2) is 11.6 Å². The zero-order valence-electron chi connectivity index (χ0n) is 12.9. The van der Waals surface area contributed by atoms with Crippen LogP contribution in [0.4, 0.5) is 0 Å². The molecule has 0 radical (unpaired) electrons. The van der Waals surface area contributed by atoms with Gasteiger partial charge in [0.05, 0.1) is 0 Å². The molecule has 0 fully saturated rings. The Balaban J connectivity index is 2.87. The SMILES string of the molecule is CC(=O)CC/C(C)=C/CC1=C(C)C(=O)C(C)=C(C)C1=O. The summed E-state index contributed by atoms with van der Waals surface area (Å²) in [6.45, 7) is 8.63. The van der Waals surface area contributed by atoms with Gasteiger partial charge in [-0.05, 0) is 47.5 Å². The molecule has 0 heterocycles. The molecule has 1 aliphatic rings. The van der Waals surface area contributed by atoms with Crippen LogP contribution in [0, 0.1) is 0 Å². The van der Waals surface area contributed by atoms with Crippen LogP contribution in [0.5, 0.6) is 0 Å². The molecule has 0 aromatic heterocycles. The maximum absolute atomic E-state index is 12.2. The van der Waals surface area contributed by atoms with Gasteiger partial charge >= 0.3 is 0 Å². The highest BCUT2D eigenvalue weighted by atomic mass is 16.1. The lowest BCUT2D eigenvalue weighted by Gasteiger charge is -2.17. The zero-order valence-corrected chi connectivity index (χ0v) is 12.9. The molecule has 1 rings (SSSR count). The van der Waals surface area contributed by atoms with Crippen molar-refractivity contribution < 1.29 is 14.4 Å². The number of carbonyl (C=O) groups excluding carboxylic acids is 3. The number of hydrogen-bond acceptors (Lipinski definition) is 3. The van der Waals surface area contributed by atoms with Gasteiger partial charge in [0.2, 0.25) is 0 Å². The normalized spacial score (nSPS) is 17.1. The average molecular weight is 274 g/mol. The molecule has 0 aromatic carbocycles. The largest absolute Gasteiger partial charge is 0.300 e. The Kier molecular flexibility index (Phi) is 5.37. The van der Waals surface area contributed by atoms with E-state index in [1.807, 2.05) is 13.0 Å². The Labute approximate surface area is 120 Å². The highest BCUT2D eigenvalue weighted by Gasteiger charge is 2.26. The minimum Gasteiger partial charge on any atom is -0.300 e. The quantitative estimate of drug-likeness (QED) is 0.569. The summed E-state index contributed by atoms with van der Waals surface area (Å²) in [5.41, 5.74) is 3.30. The molecule has 0 N–H and O–H groups in total. The van der Waals surface area contributed by atoms with Crippen molar-refractivity contribution in [2.45, 2.75) is 53.9 Å². The molecule has 3 heteroatoms. The van der Waals surface area contributed by atoms with Crippen LogP contribution >= 0.6 is 0 Å². The van der Waals surface area contributed by atoms with Crippen LogP contribution < -0.4 is 0 Å². The lowest BCUT2D eigenvalue weighted by Crippen LogP contribution is -2.20. The Morgan fingerprint density at radius 1 is 0.900 bits per heavy atom. The van der Waals surface area contributed by atoms with Crippen LogP contribution in [0.1, 0.15) is 53.9 Å². The second-order valence-corrected chi connectivity index (χ2v) is 5.47. The number of allylic oxidation sites excluding steroid dienone is 6. The van der Waals surface area contributed by atoms with E-state index >= 15 is 0 Å². The standard InChI is InChI=1S/C17H22O3/c1-10(6-8-11(2)18)7-9-15-14(5)16(19)12(3)13(4)17(15)20/h7H,6,8-9H2,1-5H3/b10-7+. The number of hydrogen-bond donors (Lipinski definition) is 0. The van der Waals surface area contributed by atoms with Crippen molar-refractivity contribution in [3.63, 3.8) is 0 Å². The Morgan fingerprint density at radius 2 is 1.45 bits per heavy atom. The van der Waals surface area contributed by atoms with Crippen LogP contribution in [0.3, 0.4) is 0 Å². The van der Waals surface area contributed by atoms with Gasteiger partial charge in [-0.1, -0.05) is 11.6 Å². The summed E-state index contributed by atoms with van der Waals surface area (Å²) in [4.78, 5) is 35.2. The van der Waals surface area contributed by atoms with E-state index in [9.17, 15) is 14.4 Å². The monoisotopic (exact) mass is 274 g/mol. The molecule has 3 nitrogen and oxygen atoms in total. The Hall–Kier alpha value is -1.77. The molecule has 0 saturated heterocycles. The summed E-state index contributed by atoms with van der Waals surface area (Å²) in [6, 6.07) is 0. The fourth-order valence-corrected chi connectivity index (χ4v) is 2.15. The average Bonchev–Trinajstić information content (AvgIpc) is 2.40. The van der Waals surface area contributed by atoms with Gasteiger partial charge in [-0.2, -0.15) is 0 Å². The second kappa shape index (κ2) is 6.60. The molecule has 0 spiro atoms. The van der Waals surface area contributed by atoms with Crippen molar-refractivity contribution in [1.29, 1.82) is 0 Å². The Morgan fingerprint density at radius 3 is 2.00 bits per heavy atom. The van der Waals surface area contributed by atoms with Crippen molar-refractivity contribution in [2.75, 3.05) is 0 Å². The first-order chi connectivity index (χ1) is 9.25. The highest BCUT2D eigenvalue weighted by Crippen LogP contribution is 2.26. The predicted octanol–water partition coefficient (Wildman–Crippen LogP) is 3.50. The smallest absolute Gasteiger partial charge is 0.185 e. The van der Waals surface area contributed by atoms with Gasteiger partial charge in [0.1, 0.15) is 5.78 Å². The van der Waals surface area contributed by atoms with E-state index in [4.69, 9.17) is 0 Å². The van der Waals surface area contributed by atoms with Crippen LogP contribution in [0.2, 0.25) is 0 Å². The summed E-state index contributed by atoms with van der Waals surface area (Å²) in [5.74, 6) is 0.0913. The third-order valence-electron chi connectivity index (χ3n) is 3.84. The van der Waals surface area contributed by atoms with Crippen molar-refractivity contribution in [1.82, 2.24) is 0 Å². The third kappa shape index (κ3) is 3.62. The molecule has 1 aliphatic carbocycles. The molecule has 0 aromatic rings. The van der Waals surface area contributed by atoms with E-state index in [0.29, 0.717) is 41.6 Å². The van der Waals surface area contributed by atoms with E-state index in [0.717, 1.165) is 5.57 Å².